The van der Waals surface area contributed by atoms with E-state index in [1.54, 1.807) is 0 Å². The second-order valence-corrected chi connectivity index (χ2v) is 12.8. The number of aromatic nitrogens is 1. The molecule has 43 heavy (non-hydrogen) atoms. The first-order chi connectivity index (χ1) is 21.3. The van der Waals surface area contributed by atoms with Crippen LogP contribution >= 0.6 is 11.3 Å². The third-order valence-electron chi connectivity index (χ3n) is 9.44. The van der Waals surface area contributed by atoms with Gasteiger partial charge in [0.05, 0.1) is 21.8 Å². The fourth-order valence-corrected chi connectivity index (χ4v) is 8.63. The number of furan rings is 1. The van der Waals surface area contributed by atoms with Crippen molar-refractivity contribution in [2.24, 2.45) is 4.99 Å². The highest BCUT2D eigenvalue weighted by molar-refractivity contribution is 7.25. The molecular formula is C38H22N3OS+. The molecule has 4 nitrogen and oxygen atoms in total. The smallest absolute Gasteiger partial charge is 0.201 e. The van der Waals surface area contributed by atoms with Crippen LogP contribution in [-0.2, 0) is 0 Å². The van der Waals surface area contributed by atoms with E-state index in [2.05, 4.69) is 119 Å². The second kappa shape index (κ2) is 7.78. The third kappa shape index (κ3) is 2.81. The molecular weight excluding hydrogens is 547 g/mol. The van der Waals surface area contributed by atoms with Gasteiger partial charge in [0.2, 0.25) is 5.82 Å². The van der Waals surface area contributed by atoms with Crippen LogP contribution in [0.2, 0.25) is 0 Å². The summed E-state index contributed by atoms with van der Waals surface area (Å²) < 4.78 is 11.4. The van der Waals surface area contributed by atoms with Gasteiger partial charge < -0.3 is 4.42 Å². The van der Waals surface area contributed by atoms with Gasteiger partial charge in [-0.05, 0) is 71.8 Å². The molecule has 0 spiro atoms. The van der Waals surface area contributed by atoms with Crippen LogP contribution in [0.1, 0.15) is 0 Å². The van der Waals surface area contributed by atoms with Gasteiger partial charge in [-0.15, -0.1) is 11.3 Å². The molecule has 1 unspecified atom stereocenters. The Balaban J connectivity index is 1.30. The van der Waals surface area contributed by atoms with Crippen molar-refractivity contribution in [3.8, 4) is 11.1 Å². The van der Waals surface area contributed by atoms with Gasteiger partial charge in [0.1, 0.15) is 16.9 Å². The summed E-state index contributed by atoms with van der Waals surface area (Å²) in [6.45, 7) is 0. The van der Waals surface area contributed by atoms with E-state index >= 15 is 0 Å². The van der Waals surface area contributed by atoms with Gasteiger partial charge in [0.15, 0.2) is 11.7 Å². The van der Waals surface area contributed by atoms with E-state index in [4.69, 9.17) is 9.41 Å². The summed E-state index contributed by atoms with van der Waals surface area (Å²) in [7, 11) is 0. The lowest BCUT2D eigenvalue weighted by Crippen LogP contribution is -2.87. The molecule has 0 fully saturated rings. The minimum Gasteiger partial charge on any atom is -0.456 e. The number of rotatable bonds is 1. The Morgan fingerprint density at radius 3 is 2.49 bits per heavy atom. The summed E-state index contributed by atoms with van der Waals surface area (Å²) >= 11 is 1.86. The van der Waals surface area contributed by atoms with Crippen LogP contribution in [-0.4, -0.2) is 16.2 Å². The van der Waals surface area contributed by atoms with E-state index in [0.717, 1.165) is 33.5 Å². The minimum absolute atomic E-state index is 0.182. The zero-order valence-electron chi connectivity index (χ0n) is 22.8. The predicted octanol–water partition coefficient (Wildman–Crippen LogP) is 9.39. The van der Waals surface area contributed by atoms with Gasteiger partial charge in [0.25, 0.3) is 0 Å². The molecule has 0 saturated heterocycles. The lowest BCUT2D eigenvalue weighted by Gasteiger charge is -2.19. The molecule has 9 aromatic rings. The zero-order chi connectivity index (χ0) is 27.8. The van der Waals surface area contributed by atoms with Crippen molar-refractivity contribution in [3.05, 3.63) is 115 Å². The molecule has 0 amide bonds. The first-order valence-corrected chi connectivity index (χ1v) is 15.5. The number of nitrogens with two attached hydrogens (primary N) is 1. The predicted molar refractivity (Wildman–Crippen MR) is 180 cm³/mol. The number of hydrogen-bond acceptors (Lipinski definition) is 3. The van der Waals surface area contributed by atoms with Crippen LogP contribution in [0, 0.1) is 0 Å². The maximum atomic E-state index is 6.36. The van der Waals surface area contributed by atoms with Crippen LogP contribution in [0.25, 0.3) is 80.4 Å². The molecule has 11 rings (SSSR count). The fourth-order valence-electron chi connectivity index (χ4n) is 7.55. The lowest BCUT2D eigenvalue weighted by molar-refractivity contribution is -0.580. The second-order valence-electron chi connectivity index (χ2n) is 11.7. The summed E-state index contributed by atoms with van der Waals surface area (Å²) in [5, 5.41) is 11.1. The molecule has 5 heteroatoms. The molecule has 200 valence electrons. The number of hydrogen-bond donors (Lipinski definition) is 1. The van der Waals surface area contributed by atoms with Crippen molar-refractivity contribution in [1.82, 2.24) is 4.40 Å². The van der Waals surface area contributed by atoms with Gasteiger partial charge in [-0.1, -0.05) is 54.6 Å². The standard InChI is InChI=1S/C38H21N3OS/c1-5-11-30-24(8-1)34-31(42-30)15-14-23-26-18-21(20-13-16-33-25(17-20)22-7-2-6-12-32(22)43-33)19-27-35-38(41(36(26)27)37(23)34)40-29-10-4-3-9-28(29)39-35/h1-19,28,39H/p+1. The quantitative estimate of drug-likeness (QED) is 0.211. The van der Waals surface area contributed by atoms with Crippen molar-refractivity contribution in [2.45, 2.75) is 6.04 Å². The van der Waals surface area contributed by atoms with E-state index in [1.165, 1.54) is 64.2 Å². The Morgan fingerprint density at radius 2 is 1.51 bits per heavy atom. The van der Waals surface area contributed by atoms with Crippen molar-refractivity contribution in [1.29, 1.82) is 0 Å². The monoisotopic (exact) mass is 568 g/mol. The first-order valence-electron chi connectivity index (χ1n) is 14.7. The molecule has 0 saturated carbocycles. The Kier molecular flexibility index (Phi) is 4.05. The number of fused-ring (bicyclic) bond motifs is 14. The summed E-state index contributed by atoms with van der Waals surface area (Å²) in [4.78, 5) is 5.33. The van der Waals surface area contributed by atoms with Crippen molar-refractivity contribution < 1.29 is 9.73 Å². The Bertz CT molecular complexity index is 2770. The van der Waals surface area contributed by atoms with Crippen LogP contribution in [0.5, 0.6) is 0 Å². The summed E-state index contributed by atoms with van der Waals surface area (Å²) in [6.07, 6.45) is 8.60. The Hall–Kier alpha value is -5.23. The maximum Gasteiger partial charge on any atom is 0.201 e. The summed E-state index contributed by atoms with van der Waals surface area (Å²) in [5.74, 6) is 1.01. The lowest BCUT2D eigenvalue weighted by atomic mass is 9.97. The molecule has 4 aromatic heterocycles. The van der Waals surface area contributed by atoms with Crippen LogP contribution in [0.15, 0.2) is 125 Å². The molecule has 2 aliphatic rings. The Morgan fingerprint density at radius 1 is 0.674 bits per heavy atom. The highest BCUT2D eigenvalue weighted by Gasteiger charge is 2.33. The number of allylic oxidation sites excluding steroid dienone is 2. The number of nitrogens with zero attached hydrogens (tertiary/aromatic N) is 2. The van der Waals surface area contributed by atoms with E-state index in [0.29, 0.717) is 0 Å². The number of para-hydroxylation sites is 1. The highest BCUT2D eigenvalue weighted by atomic mass is 32.1. The highest BCUT2D eigenvalue weighted by Crippen LogP contribution is 2.48. The van der Waals surface area contributed by atoms with Gasteiger partial charge in [-0.3, -0.25) is 9.72 Å². The maximum absolute atomic E-state index is 6.36. The van der Waals surface area contributed by atoms with Crippen LogP contribution < -0.4 is 5.32 Å². The van der Waals surface area contributed by atoms with E-state index in [9.17, 15) is 0 Å². The number of thiophene rings is 1. The molecule has 5 aromatic carbocycles. The van der Waals surface area contributed by atoms with E-state index in [1.807, 2.05) is 17.4 Å². The third-order valence-corrected chi connectivity index (χ3v) is 10.6. The van der Waals surface area contributed by atoms with E-state index < -0.39 is 0 Å². The van der Waals surface area contributed by atoms with Gasteiger partial charge in [-0.25, -0.2) is 4.99 Å². The largest absolute Gasteiger partial charge is 0.456 e. The van der Waals surface area contributed by atoms with Gasteiger partial charge in [0, 0.05) is 36.3 Å². The number of benzene rings is 5. The van der Waals surface area contributed by atoms with Crippen LogP contribution in [0.3, 0.4) is 0 Å². The molecule has 1 atom stereocenters. The molecule has 0 radical (unpaired) electrons. The fraction of sp³-hybridized carbons (Fsp3) is 0.0263. The molecule has 1 aliphatic carbocycles. The average Bonchev–Trinajstić information content (AvgIpc) is 3.79. The number of aliphatic imine (C=N–C) groups is 1. The van der Waals surface area contributed by atoms with Crippen LogP contribution in [0.4, 0.5) is 11.5 Å². The molecule has 5 heterocycles. The SMILES string of the molecule is C1=CC2=Nc3c(c4cc(-c5ccc6sc7ccccc7c6c5)cc5c6ccc7oc8ccccc8c7c6n3c45)[NH2+]C2C=C1. The van der Waals surface area contributed by atoms with Gasteiger partial charge in [-0.2, -0.15) is 0 Å². The van der Waals surface area contributed by atoms with Crippen molar-refractivity contribution in [3.63, 3.8) is 0 Å². The van der Waals surface area contributed by atoms with Crippen molar-refractivity contribution in [2.75, 3.05) is 0 Å². The Labute approximate surface area is 248 Å². The molecule has 2 N–H and O–H groups in total. The van der Waals surface area contributed by atoms with E-state index in [-0.39, 0.29) is 6.04 Å². The van der Waals surface area contributed by atoms with Gasteiger partial charge >= 0.3 is 0 Å². The molecule has 1 aliphatic heterocycles. The topological polar surface area (TPSA) is 46.5 Å². The summed E-state index contributed by atoms with van der Waals surface area (Å²) in [5.41, 5.74) is 8.99. The number of quaternary nitrogens is 1. The molecule has 0 bridgehead atoms. The van der Waals surface area contributed by atoms with Crippen molar-refractivity contribution >= 4 is 97.9 Å². The average molecular weight is 569 g/mol. The first kappa shape index (κ1) is 22.4. The zero-order valence-corrected chi connectivity index (χ0v) is 23.7. The summed E-state index contributed by atoms with van der Waals surface area (Å²) in [6, 6.07) is 33.4. The minimum atomic E-state index is 0.182. The normalized spacial score (nSPS) is 16.5.